The Balaban J connectivity index is 1.57. The zero-order valence-corrected chi connectivity index (χ0v) is 12.1. The lowest BCUT2D eigenvalue weighted by Crippen LogP contribution is -2.46. The van der Waals surface area contributed by atoms with Crippen molar-refractivity contribution in [3.63, 3.8) is 0 Å². The molecule has 0 radical (unpaired) electrons. The number of benzene rings is 1. The summed E-state index contributed by atoms with van der Waals surface area (Å²) in [6, 6.07) is 8.18. The van der Waals surface area contributed by atoms with Crippen LogP contribution in [-0.4, -0.2) is 50.7 Å². The van der Waals surface area contributed by atoms with Crippen LogP contribution in [0, 0.1) is 11.3 Å². The Morgan fingerprint density at radius 3 is 2.95 bits per heavy atom. The van der Waals surface area contributed by atoms with Crippen LogP contribution in [0.1, 0.15) is 5.56 Å². The van der Waals surface area contributed by atoms with E-state index < -0.39 is 0 Å². The number of amides is 2. The number of hydrogen-bond acceptors (Lipinski definition) is 5. The Kier molecular flexibility index (Phi) is 4.24. The van der Waals surface area contributed by atoms with E-state index >= 15 is 0 Å². The molecule has 7 nitrogen and oxygen atoms in total. The summed E-state index contributed by atoms with van der Waals surface area (Å²) in [6.07, 6.45) is -0.425. The van der Waals surface area contributed by atoms with E-state index in [1.807, 2.05) is 6.07 Å². The van der Waals surface area contributed by atoms with Gasteiger partial charge in [0.2, 0.25) is 0 Å². The largest absolute Gasteiger partial charge is 0.376 e. The molecule has 1 aromatic rings. The standard InChI is InChI=1S/C15H17N3O4/c1-20-12-8-22-13-11(7-21-14(12)13)18-15(19)17-10-4-2-3-9(5-10)6-16/h2-5,11-14H,7-8H2,1H3,(H2,17,18,19)/t11-,12-,13-,14+/m0/s1. The molecule has 0 aliphatic carbocycles. The Labute approximate surface area is 128 Å². The number of fused-ring (bicyclic) bond motifs is 1. The Morgan fingerprint density at radius 1 is 1.36 bits per heavy atom. The molecule has 2 aliphatic heterocycles. The minimum Gasteiger partial charge on any atom is -0.376 e. The van der Waals surface area contributed by atoms with Gasteiger partial charge in [-0.25, -0.2) is 4.79 Å². The Morgan fingerprint density at radius 2 is 2.18 bits per heavy atom. The van der Waals surface area contributed by atoms with Crippen LogP contribution in [0.15, 0.2) is 24.3 Å². The van der Waals surface area contributed by atoms with Crippen molar-refractivity contribution in [2.45, 2.75) is 24.4 Å². The van der Waals surface area contributed by atoms with E-state index in [1.165, 1.54) is 0 Å². The monoisotopic (exact) mass is 303 g/mol. The number of carbonyl (C=O) groups is 1. The maximum Gasteiger partial charge on any atom is 0.319 e. The number of hydrogen-bond donors (Lipinski definition) is 2. The molecule has 2 amide bonds. The zero-order valence-electron chi connectivity index (χ0n) is 12.1. The van der Waals surface area contributed by atoms with Gasteiger partial charge in [-0.05, 0) is 18.2 Å². The molecule has 0 unspecified atom stereocenters. The van der Waals surface area contributed by atoms with Gasteiger partial charge >= 0.3 is 6.03 Å². The predicted octanol–water partition coefficient (Wildman–Crippen LogP) is 0.861. The van der Waals surface area contributed by atoms with Gasteiger partial charge in [0.15, 0.2) is 0 Å². The number of carbonyl (C=O) groups excluding carboxylic acids is 1. The number of methoxy groups -OCH3 is 1. The average Bonchev–Trinajstić information content (AvgIpc) is 3.10. The van der Waals surface area contributed by atoms with Gasteiger partial charge in [-0.2, -0.15) is 5.26 Å². The molecule has 0 bridgehead atoms. The summed E-state index contributed by atoms with van der Waals surface area (Å²) in [6.45, 7) is 0.858. The molecule has 2 N–H and O–H groups in total. The van der Waals surface area contributed by atoms with Crippen molar-refractivity contribution in [1.82, 2.24) is 5.32 Å². The summed E-state index contributed by atoms with van der Waals surface area (Å²) in [7, 11) is 1.62. The highest BCUT2D eigenvalue weighted by Gasteiger charge is 2.48. The second kappa shape index (κ2) is 6.32. The zero-order chi connectivity index (χ0) is 15.5. The minimum atomic E-state index is -0.353. The molecule has 2 fully saturated rings. The van der Waals surface area contributed by atoms with Gasteiger partial charge < -0.3 is 24.8 Å². The van der Waals surface area contributed by atoms with Crippen LogP contribution in [0.25, 0.3) is 0 Å². The van der Waals surface area contributed by atoms with Crippen molar-refractivity contribution in [2.24, 2.45) is 0 Å². The van der Waals surface area contributed by atoms with Crippen molar-refractivity contribution >= 4 is 11.7 Å². The SMILES string of the molecule is CO[C@H]1CO[C@@H]2[C@@H]1OC[C@@H]2NC(=O)Nc1cccc(C#N)c1. The molecular formula is C15H17N3O4. The molecule has 2 aliphatic rings. The second-order valence-corrected chi connectivity index (χ2v) is 5.27. The van der Waals surface area contributed by atoms with Crippen LogP contribution < -0.4 is 10.6 Å². The molecule has 7 heteroatoms. The second-order valence-electron chi connectivity index (χ2n) is 5.27. The van der Waals surface area contributed by atoms with Gasteiger partial charge in [0.25, 0.3) is 0 Å². The van der Waals surface area contributed by atoms with Crippen molar-refractivity contribution < 1.29 is 19.0 Å². The van der Waals surface area contributed by atoms with Crippen LogP contribution in [0.3, 0.4) is 0 Å². The van der Waals surface area contributed by atoms with Crippen LogP contribution in [0.2, 0.25) is 0 Å². The fourth-order valence-corrected chi connectivity index (χ4v) is 2.79. The molecule has 1 aromatic carbocycles. The third-order valence-electron chi connectivity index (χ3n) is 3.88. The molecule has 3 rings (SSSR count). The van der Waals surface area contributed by atoms with Crippen LogP contribution in [0.4, 0.5) is 10.5 Å². The van der Waals surface area contributed by atoms with Crippen molar-refractivity contribution in [1.29, 1.82) is 5.26 Å². The lowest BCUT2D eigenvalue weighted by atomic mass is 10.1. The van der Waals surface area contributed by atoms with Gasteiger partial charge in [-0.1, -0.05) is 6.07 Å². The van der Waals surface area contributed by atoms with Gasteiger partial charge in [-0.3, -0.25) is 0 Å². The van der Waals surface area contributed by atoms with E-state index in [9.17, 15) is 4.79 Å². The maximum atomic E-state index is 12.1. The molecule has 2 saturated heterocycles. The number of anilines is 1. The summed E-state index contributed by atoms with van der Waals surface area (Å²) >= 11 is 0. The highest BCUT2D eigenvalue weighted by Crippen LogP contribution is 2.28. The number of nitrogens with one attached hydrogen (secondary N) is 2. The highest BCUT2D eigenvalue weighted by atomic mass is 16.6. The average molecular weight is 303 g/mol. The van der Waals surface area contributed by atoms with E-state index in [4.69, 9.17) is 19.5 Å². The fourth-order valence-electron chi connectivity index (χ4n) is 2.79. The Bertz CT molecular complexity index is 601. The van der Waals surface area contributed by atoms with Crippen LogP contribution >= 0.6 is 0 Å². The topological polar surface area (TPSA) is 92.6 Å². The van der Waals surface area contributed by atoms with Gasteiger partial charge in [0.1, 0.15) is 18.3 Å². The number of nitriles is 1. The number of urea groups is 1. The third-order valence-corrected chi connectivity index (χ3v) is 3.88. The van der Waals surface area contributed by atoms with Crippen molar-refractivity contribution in [2.75, 3.05) is 25.6 Å². The fraction of sp³-hybridized carbons (Fsp3) is 0.467. The number of rotatable bonds is 3. The molecule has 0 aromatic heterocycles. The third kappa shape index (κ3) is 2.90. The van der Waals surface area contributed by atoms with E-state index in [0.717, 1.165) is 0 Å². The summed E-state index contributed by atoms with van der Waals surface area (Å²) in [5.41, 5.74) is 1.05. The van der Waals surface area contributed by atoms with Crippen molar-refractivity contribution in [3.8, 4) is 6.07 Å². The normalized spacial score (nSPS) is 29.6. The highest BCUT2D eigenvalue weighted by molar-refractivity contribution is 5.89. The smallest absolute Gasteiger partial charge is 0.319 e. The summed E-state index contributed by atoms with van der Waals surface area (Å²) < 4.78 is 16.6. The van der Waals surface area contributed by atoms with E-state index in [0.29, 0.717) is 24.5 Å². The molecule has 0 saturated carbocycles. The first kappa shape index (κ1) is 14.8. The van der Waals surface area contributed by atoms with E-state index in [-0.39, 0.29) is 30.4 Å². The predicted molar refractivity (Wildman–Crippen MR) is 77.4 cm³/mol. The summed E-state index contributed by atoms with van der Waals surface area (Å²) in [5, 5.41) is 14.4. The van der Waals surface area contributed by atoms with E-state index in [2.05, 4.69) is 10.6 Å². The van der Waals surface area contributed by atoms with Gasteiger partial charge in [0.05, 0.1) is 30.9 Å². The molecule has 22 heavy (non-hydrogen) atoms. The molecule has 2 heterocycles. The lowest BCUT2D eigenvalue weighted by molar-refractivity contribution is -0.00805. The van der Waals surface area contributed by atoms with E-state index in [1.54, 1.807) is 31.4 Å². The van der Waals surface area contributed by atoms with Crippen molar-refractivity contribution in [3.05, 3.63) is 29.8 Å². The lowest BCUT2D eigenvalue weighted by Gasteiger charge is -2.18. The molecule has 116 valence electrons. The van der Waals surface area contributed by atoms with Crippen LogP contribution in [0.5, 0.6) is 0 Å². The molecule has 4 atom stereocenters. The summed E-state index contributed by atoms with van der Waals surface area (Å²) in [4.78, 5) is 12.1. The van der Waals surface area contributed by atoms with Gasteiger partial charge in [-0.15, -0.1) is 0 Å². The van der Waals surface area contributed by atoms with Gasteiger partial charge in [0, 0.05) is 12.8 Å². The first-order valence-corrected chi connectivity index (χ1v) is 7.05. The first-order valence-electron chi connectivity index (χ1n) is 7.05. The number of nitrogens with zero attached hydrogens (tertiary/aromatic N) is 1. The minimum absolute atomic E-state index is 0.0906. The molecule has 0 spiro atoms. The first-order chi connectivity index (χ1) is 10.7. The summed E-state index contributed by atoms with van der Waals surface area (Å²) in [5.74, 6) is 0. The van der Waals surface area contributed by atoms with Crippen LogP contribution in [-0.2, 0) is 14.2 Å². The molecular weight excluding hydrogens is 286 g/mol. The Hall–Kier alpha value is -2.14. The number of ether oxygens (including phenoxy) is 3. The maximum absolute atomic E-state index is 12.1. The quantitative estimate of drug-likeness (QED) is 0.864.